The predicted molar refractivity (Wildman–Crippen MR) is 76.0 cm³/mol. The number of carbonyl (C=O) groups excluding carboxylic acids is 1. The van der Waals surface area contributed by atoms with Gasteiger partial charge in [-0.2, -0.15) is 0 Å². The molecule has 2 unspecified atom stereocenters. The molecule has 1 heterocycles. The molecule has 0 aromatic carbocycles. The molecule has 4 nitrogen and oxygen atoms in total. The molecule has 2 N–H and O–H groups in total. The summed E-state index contributed by atoms with van der Waals surface area (Å²) in [7, 11) is 0. The Morgan fingerprint density at radius 1 is 1.26 bits per heavy atom. The van der Waals surface area contributed by atoms with Gasteiger partial charge in [-0.25, -0.2) is 4.79 Å². The van der Waals surface area contributed by atoms with Gasteiger partial charge in [-0.05, 0) is 37.5 Å². The highest BCUT2D eigenvalue weighted by Gasteiger charge is 2.33. The van der Waals surface area contributed by atoms with Crippen LogP contribution in [0.5, 0.6) is 0 Å². The van der Waals surface area contributed by atoms with Crippen molar-refractivity contribution in [3.8, 4) is 0 Å². The van der Waals surface area contributed by atoms with Crippen molar-refractivity contribution >= 4 is 6.03 Å². The maximum atomic E-state index is 12.1. The van der Waals surface area contributed by atoms with Crippen molar-refractivity contribution < 1.29 is 9.90 Å². The van der Waals surface area contributed by atoms with Crippen molar-refractivity contribution in [1.82, 2.24) is 10.2 Å². The quantitative estimate of drug-likeness (QED) is 0.808. The second-order valence-electron chi connectivity index (χ2n) is 6.75. The first kappa shape index (κ1) is 14.6. The molecule has 2 aliphatic rings. The van der Waals surface area contributed by atoms with Gasteiger partial charge in [0.1, 0.15) is 0 Å². The summed E-state index contributed by atoms with van der Waals surface area (Å²) in [6.07, 6.45) is 6.07. The molecule has 0 bridgehead atoms. The van der Waals surface area contributed by atoms with E-state index >= 15 is 0 Å². The molecule has 0 aromatic rings. The third-order valence-corrected chi connectivity index (χ3v) is 4.71. The fourth-order valence-electron chi connectivity index (χ4n) is 3.36. The Morgan fingerprint density at radius 2 is 1.95 bits per heavy atom. The third-order valence-electron chi connectivity index (χ3n) is 4.71. The van der Waals surface area contributed by atoms with Crippen LogP contribution in [0.1, 0.15) is 52.4 Å². The van der Waals surface area contributed by atoms with Crippen LogP contribution in [0, 0.1) is 11.8 Å². The Morgan fingerprint density at radius 3 is 2.58 bits per heavy atom. The zero-order chi connectivity index (χ0) is 13.9. The highest BCUT2D eigenvalue weighted by Crippen LogP contribution is 2.31. The smallest absolute Gasteiger partial charge is 0.317 e. The van der Waals surface area contributed by atoms with Crippen LogP contribution in [-0.4, -0.2) is 41.3 Å². The summed E-state index contributed by atoms with van der Waals surface area (Å²) in [6, 6.07) is -0.00134. The van der Waals surface area contributed by atoms with E-state index in [-0.39, 0.29) is 6.03 Å². The molecule has 1 saturated heterocycles. The highest BCUT2D eigenvalue weighted by atomic mass is 16.3. The van der Waals surface area contributed by atoms with E-state index in [1.54, 1.807) is 0 Å². The molecule has 19 heavy (non-hydrogen) atoms. The number of carbonyl (C=O) groups is 1. The van der Waals surface area contributed by atoms with Gasteiger partial charge in [-0.3, -0.25) is 0 Å². The maximum absolute atomic E-state index is 12.1. The van der Waals surface area contributed by atoms with E-state index in [0.717, 1.165) is 51.1 Å². The molecule has 1 aliphatic carbocycles. The molecule has 0 radical (unpaired) electrons. The van der Waals surface area contributed by atoms with E-state index in [9.17, 15) is 9.90 Å². The molecule has 2 amide bonds. The van der Waals surface area contributed by atoms with Crippen molar-refractivity contribution in [3.05, 3.63) is 0 Å². The van der Waals surface area contributed by atoms with Crippen LogP contribution >= 0.6 is 0 Å². The van der Waals surface area contributed by atoms with Crippen LogP contribution in [0.15, 0.2) is 0 Å². The lowest BCUT2D eigenvalue weighted by Crippen LogP contribution is -2.51. The number of hydrogen-bond acceptors (Lipinski definition) is 2. The number of nitrogens with zero attached hydrogens (tertiary/aromatic N) is 1. The van der Waals surface area contributed by atoms with Crippen LogP contribution in [0.3, 0.4) is 0 Å². The Balaban J connectivity index is 1.76. The Labute approximate surface area is 116 Å². The standard InChI is InChI=1S/C15H28N2O2/c1-12-5-8-17(9-6-12)14(18)16-11-15(19)7-3-4-13(2)10-15/h12-13,19H,3-11H2,1-2H3,(H,16,18). The van der Waals surface area contributed by atoms with Crippen LogP contribution in [0.4, 0.5) is 4.79 Å². The first-order valence-corrected chi connectivity index (χ1v) is 7.74. The molecular weight excluding hydrogens is 240 g/mol. The van der Waals surface area contributed by atoms with Gasteiger partial charge in [-0.1, -0.05) is 26.7 Å². The minimum absolute atomic E-state index is 0.00134. The topological polar surface area (TPSA) is 52.6 Å². The lowest BCUT2D eigenvalue weighted by molar-refractivity contribution is -0.0105. The Kier molecular flexibility index (Phi) is 4.71. The van der Waals surface area contributed by atoms with Gasteiger partial charge in [0.25, 0.3) is 0 Å². The van der Waals surface area contributed by atoms with Crippen LogP contribution in [0.25, 0.3) is 0 Å². The SMILES string of the molecule is CC1CCN(C(=O)NCC2(O)CCCC(C)C2)CC1. The molecule has 2 atom stereocenters. The van der Waals surface area contributed by atoms with Crippen molar-refractivity contribution in [2.24, 2.45) is 11.8 Å². The van der Waals surface area contributed by atoms with Crippen molar-refractivity contribution in [1.29, 1.82) is 0 Å². The largest absolute Gasteiger partial charge is 0.388 e. The Hall–Kier alpha value is -0.770. The molecule has 110 valence electrons. The van der Waals surface area contributed by atoms with Gasteiger partial charge in [0.15, 0.2) is 0 Å². The zero-order valence-electron chi connectivity index (χ0n) is 12.3. The average molecular weight is 268 g/mol. The van der Waals surface area contributed by atoms with Crippen molar-refractivity contribution in [2.75, 3.05) is 19.6 Å². The second kappa shape index (κ2) is 6.12. The number of piperidine rings is 1. The summed E-state index contributed by atoms with van der Waals surface area (Å²) in [5.74, 6) is 1.29. The number of aliphatic hydroxyl groups is 1. The maximum Gasteiger partial charge on any atom is 0.317 e. The van der Waals surface area contributed by atoms with Crippen molar-refractivity contribution in [2.45, 2.75) is 58.0 Å². The van der Waals surface area contributed by atoms with Crippen LogP contribution in [-0.2, 0) is 0 Å². The second-order valence-corrected chi connectivity index (χ2v) is 6.75. The minimum atomic E-state index is -0.684. The molecular formula is C15H28N2O2. The molecule has 2 fully saturated rings. The van der Waals surface area contributed by atoms with Gasteiger partial charge in [-0.15, -0.1) is 0 Å². The van der Waals surface area contributed by atoms with Gasteiger partial charge in [0.2, 0.25) is 0 Å². The van der Waals surface area contributed by atoms with Crippen LogP contribution < -0.4 is 5.32 Å². The summed E-state index contributed by atoms with van der Waals surface area (Å²) in [6.45, 7) is 6.52. The van der Waals surface area contributed by atoms with E-state index in [0.29, 0.717) is 12.5 Å². The number of hydrogen-bond donors (Lipinski definition) is 2. The number of rotatable bonds is 2. The molecule has 0 spiro atoms. The number of amides is 2. The Bertz CT molecular complexity index is 313. The first-order valence-electron chi connectivity index (χ1n) is 7.74. The van der Waals surface area contributed by atoms with Crippen LogP contribution in [0.2, 0.25) is 0 Å². The monoisotopic (exact) mass is 268 g/mol. The van der Waals surface area contributed by atoms with E-state index in [1.165, 1.54) is 6.42 Å². The summed E-state index contributed by atoms with van der Waals surface area (Å²) in [4.78, 5) is 14.0. The molecule has 1 saturated carbocycles. The highest BCUT2D eigenvalue weighted by molar-refractivity contribution is 5.74. The van der Waals surface area contributed by atoms with Gasteiger partial charge in [0, 0.05) is 19.6 Å². The summed E-state index contributed by atoms with van der Waals surface area (Å²) >= 11 is 0. The van der Waals surface area contributed by atoms with Gasteiger partial charge >= 0.3 is 6.03 Å². The van der Waals surface area contributed by atoms with E-state index in [2.05, 4.69) is 19.2 Å². The number of likely N-dealkylation sites (tertiary alicyclic amines) is 1. The number of urea groups is 1. The predicted octanol–water partition coefficient (Wildman–Crippen LogP) is 2.37. The summed E-state index contributed by atoms with van der Waals surface area (Å²) in [5, 5.41) is 13.4. The van der Waals surface area contributed by atoms with E-state index in [1.807, 2.05) is 4.90 Å². The lowest BCUT2D eigenvalue weighted by atomic mass is 9.79. The fourth-order valence-corrected chi connectivity index (χ4v) is 3.36. The fraction of sp³-hybridized carbons (Fsp3) is 0.933. The van der Waals surface area contributed by atoms with E-state index in [4.69, 9.17) is 0 Å². The normalized spacial score (nSPS) is 33.2. The van der Waals surface area contributed by atoms with Crippen molar-refractivity contribution in [3.63, 3.8) is 0 Å². The third kappa shape index (κ3) is 4.10. The van der Waals surface area contributed by atoms with E-state index < -0.39 is 5.60 Å². The first-order chi connectivity index (χ1) is 8.98. The molecule has 0 aromatic heterocycles. The summed E-state index contributed by atoms with van der Waals surface area (Å²) in [5.41, 5.74) is -0.684. The number of nitrogens with one attached hydrogen (secondary N) is 1. The molecule has 4 heteroatoms. The zero-order valence-corrected chi connectivity index (χ0v) is 12.3. The average Bonchev–Trinajstić information content (AvgIpc) is 2.37. The van der Waals surface area contributed by atoms with Gasteiger partial charge in [0.05, 0.1) is 5.60 Å². The molecule has 2 rings (SSSR count). The molecule has 1 aliphatic heterocycles. The lowest BCUT2D eigenvalue weighted by Gasteiger charge is -2.37. The minimum Gasteiger partial charge on any atom is -0.388 e. The van der Waals surface area contributed by atoms with Gasteiger partial charge < -0.3 is 15.3 Å². The summed E-state index contributed by atoms with van der Waals surface area (Å²) < 4.78 is 0.